The van der Waals surface area contributed by atoms with E-state index in [1.165, 1.54) is 19.2 Å². The molecule has 0 aliphatic heterocycles. The summed E-state index contributed by atoms with van der Waals surface area (Å²) in [5.74, 6) is -0.776. The van der Waals surface area contributed by atoms with E-state index in [9.17, 15) is 22.8 Å². The van der Waals surface area contributed by atoms with E-state index >= 15 is 0 Å². The fraction of sp³-hybridized carbons (Fsp3) is 0.176. The molecule has 3 N–H and O–H groups in total. The Morgan fingerprint density at radius 3 is 2.36 bits per heavy atom. The molecule has 0 radical (unpaired) electrons. The first-order valence-corrected chi connectivity index (χ1v) is 7.33. The van der Waals surface area contributed by atoms with Crippen molar-refractivity contribution >= 4 is 23.2 Å². The molecule has 0 aromatic heterocycles. The lowest BCUT2D eigenvalue weighted by atomic mass is 10.2. The Morgan fingerprint density at radius 2 is 1.68 bits per heavy atom. The van der Waals surface area contributed by atoms with Crippen LogP contribution >= 0.6 is 0 Å². The van der Waals surface area contributed by atoms with Crippen molar-refractivity contribution < 1.29 is 22.8 Å². The molecule has 8 heteroatoms. The smallest absolute Gasteiger partial charge is 0.376 e. The average Bonchev–Trinajstić information content (AvgIpc) is 2.59. The van der Waals surface area contributed by atoms with Gasteiger partial charge in [0.25, 0.3) is 5.91 Å². The van der Waals surface area contributed by atoms with Crippen molar-refractivity contribution in [2.45, 2.75) is 6.18 Å². The summed E-state index contributed by atoms with van der Waals surface area (Å²) < 4.78 is 37.9. The van der Waals surface area contributed by atoms with Crippen LogP contribution in [0.15, 0.2) is 48.5 Å². The Morgan fingerprint density at radius 1 is 1.00 bits per heavy atom. The highest BCUT2D eigenvalue weighted by atomic mass is 19.4. The molecular weight excluding hydrogens is 335 g/mol. The molecule has 25 heavy (non-hydrogen) atoms. The van der Waals surface area contributed by atoms with Crippen LogP contribution in [0.4, 0.5) is 24.5 Å². The molecule has 0 saturated heterocycles. The van der Waals surface area contributed by atoms with Gasteiger partial charge >= 0.3 is 6.18 Å². The summed E-state index contributed by atoms with van der Waals surface area (Å²) in [5.41, 5.74) is 0.184. The lowest BCUT2D eigenvalue weighted by molar-refractivity contribution is -0.137. The zero-order valence-electron chi connectivity index (χ0n) is 13.3. The normalized spacial score (nSPS) is 10.9. The van der Waals surface area contributed by atoms with Gasteiger partial charge in [0.15, 0.2) is 0 Å². The molecule has 2 amide bonds. The summed E-state index contributed by atoms with van der Waals surface area (Å²) in [7, 11) is 1.50. The minimum Gasteiger partial charge on any atom is -0.376 e. The fourth-order valence-corrected chi connectivity index (χ4v) is 2.08. The molecule has 0 heterocycles. The van der Waals surface area contributed by atoms with Crippen molar-refractivity contribution in [3.05, 3.63) is 59.7 Å². The number of nitrogens with one attached hydrogen (secondary N) is 3. The second-order valence-electron chi connectivity index (χ2n) is 5.14. The molecule has 0 unspecified atom stereocenters. The number of carbonyl (C=O) groups excluding carboxylic acids is 2. The van der Waals surface area contributed by atoms with E-state index in [1.807, 2.05) is 0 Å². The number of anilines is 2. The van der Waals surface area contributed by atoms with E-state index in [0.717, 1.165) is 12.1 Å². The zero-order chi connectivity index (χ0) is 18.4. The van der Waals surface area contributed by atoms with Gasteiger partial charge in [-0.2, -0.15) is 13.2 Å². The first-order valence-electron chi connectivity index (χ1n) is 7.33. The second kappa shape index (κ2) is 7.69. The molecule has 0 aliphatic carbocycles. The number of carbonyl (C=O) groups is 2. The summed E-state index contributed by atoms with van der Waals surface area (Å²) in [6, 6.07) is 10.9. The minimum absolute atomic E-state index is 0.0562. The number of alkyl halides is 3. The SMILES string of the molecule is CNC(=O)c1cccc(NCC(=O)Nc2cccc(C(F)(F)F)c2)c1. The maximum atomic E-state index is 12.6. The number of benzene rings is 2. The van der Waals surface area contributed by atoms with Crippen LogP contribution in [0.5, 0.6) is 0 Å². The first-order chi connectivity index (χ1) is 11.8. The van der Waals surface area contributed by atoms with Crippen LogP contribution in [0.1, 0.15) is 15.9 Å². The van der Waals surface area contributed by atoms with Gasteiger partial charge in [0.2, 0.25) is 5.91 Å². The first kappa shape index (κ1) is 18.3. The van der Waals surface area contributed by atoms with Gasteiger partial charge in [-0.15, -0.1) is 0 Å². The molecule has 5 nitrogen and oxygen atoms in total. The third-order valence-electron chi connectivity index (χ3n) is 3.28. The maximum Gasteiger partial charge on any atom is 0.416 e. The highest BCUT2D eigenvalue weighted by Crippen LogP contribution is 2.30. The molecule has 2 rings (SSSR count). The number of hydrogen-bond acceptors (Lipinski definition) is 3. The van der Waals surface area contributed by atoms with E-state index in [4.69, 9.17) is 0 Å². The topological polar surface area (TPSA) is 70.2 Å². The van der Waals surface area contributed by atoms with Crippen LogP contribution in [-0.2, 0) is 11.0 Å². The van der Waals surface area contributed by atoms with Crippen molar-refractivity contribution in [3.8, 4) is 0 Å². The average molecular weight is 351 g/mol. The highest BCUT2D eigenvalue weighted by Gasteiger charge is 2.30. The summed E-state index contributed by atoms with van der Waals surface area (Å²) in [4.78, 5) is 23.4. The van der Waals surface area contributed by atoms with Gasteiger partial charge in [-0.3, -0.25) is 9.59 Å². The molecule has 0 bridgehead atoms. The van der Waals surface area contributed by atoms with E-state index in [0.29, 0.717) is 11.3 Å². The third kappa shape index (κ3) is 5.23. The maximum absolute atomic E-state index is 12.6. The van der Waals surface area contributed by atoms with Crippen LogP contribution in [0.25, 0.3) is 0 Å². The van der Waals surface area contributed by atoms with Gasteiger partial charge < -0.3 is 16.0 Å². The molecule has 0 spiro atoms. The fourth-order valence-electron chi connectivity index (χ4n) is 2.08. The Kier molecular flexibility index (Phi) is 5.63. The van der Waals surface area contributed by atoms with Gasteiger partial charge in [0, 0.05) is 24.0 Å². The van der Waals surface area contributed by atoms with Gasteiger partial charge in [-0.05, 0) is 36.4 Å². The van der Waals surface area contributed by atoms with Gasteiger partial charge in [-0.25, -0.2) is 0 Å². The number of hydrogen-bond donors (Lipinski definition) is 3. The highest BCUT2D eigenvalue weighted by molar-refractivity contribution is 5.96. The predicted octanol–water partition coefficient (Wildman–Crippen LogP) is 3.12. The summed E-state index contributed by atoms with van der Waals surface area (Å²) in [6.07, 6.45) is -4.47. The Labute approximate surface area is 142 Å². The molecule has 0 aliphatic rings. The van der Waals surface area contributed by atoms with E-state index in [-0.39, 0.29) is 18.1 Å². The molecule has 2 aromatic rings. The Balaban J connectivity index is 1.96. The van der Waals surface area contributed by atoms with Crippen LogP contribution in [-0.4, -0.2) is 25.4 Å². The summed E-state index contributed by atoms with van der Waals surface area (Å²) in [5, 5.41) is 7.69. The standard InChI is InChI=1S/C17H16F3N3O2/c1-21-16(25)11-4-2-6-13(8-11)22-10-15(24)23-14-7-3-5-12(9-14)17(18,19)20/h2-9,22H,10H2,1H3,(H,21,25)(H,23,24). The van der Waals surface area contributed by atoms with Crippen LogP contribution in [0.2, 0.25) is 0 Å². The van der Waals surface area contributed by atoms with Crippen molar-refractivity contribution in [2.24, 2.45) is 0 Å². The molecule has 0 fully saturated rings. The Hall–Kier alpha value is -3.03. The summed E-state index contributed by atoms with van der Waals surface area (Å²) in [6.45, 7) is -0.159. The number of rotatable bonds is 5. The Bertz CT molecular complexity index is 776. The molecule has 2 aromatic carbocycles. The van der Waals surface area contributed by atoms with Crippen molar-refractivity contribution in [3.63, 3.8) is 0 Å². The summed E-state index contributed by atoms with van der Waals surface area (Å²) >= 11 is 0. The van der Waals surface area contributed by atoms with Crippen molar-refractivity contribution in [1.29, 1.82) is 0 Å². The second-order valence-corrected chi connectivity index (χ2v) is 5.14. The monoisotopic (exact) mass is 351 g/mol. The molecule has 132 valence electrons. The molecule has 0 atom stereocenters. The van der Waals surface area contributed by atoms with E-state index in [2.05, 4.69) is 16.0 Å². The number of amides is 2. The third-order valence-corrected chi connectivity index (χ3v) is 3.28. The van der Waals surface area contributed by atoms with Gasteiger partial charge in [0.1, 0.15) is 0 Å². The van der Waals surface area contributed by atoms with Crippen molar-refractivity contribution in [1.82, 2.24) is 5.32 Å². The van der Waals surface area contributed by atoms with E-state index in [1.54, 1.807) is 24.3 Å². The number of halogens is 3. The van der Waals surface area contributed by atoms with Crippen LogP contribution in [0.3, 0.4) is 0 Å². The lowest BCUT2D eigenvalue weighted by Gasteiger charge is -2.11. The van der Waals surface area contributed by atoms with Gasteiger partial charge in [0.05, 0.1) is 12.1 Å². The van der Waals surface area contributed by atoms with Gasteiger partial charge in [-0.1, -0.05) is 12.1 Å². The minimum atomic E-state index is -4.47. The van der Waals surface area contributed by atoms with Crippen LogP contribution < -0.4 is 16.0 Å². The predicted molar refractivity (Wildman–Crippen MR) is 88.4 cm³/mol. The zero-order valence-corrected chi connectivity index (χ0v) is 13.3. The van der Waals surface area contributed by atoms with Crippen molar-refractivity contribution in [2.75, 3.05) is 24.2 Å². The molecule has 0 saturated carbocycles. The molecular formula is C17H16F3N3O2. The van der Waals surface area contributed by atoms with Crippen LogP contribution in [0, 0.1) is 0 Å². The van der Waals surface area contributed by atoms with E-state index < -0.39 is 17.6 Å². The quantitative estimate of drug-likeness (QED) is 0.775. The largest absolute Gasteiger partial charge is 0.416 e. The lowest BCUT2D eigenvalue weighted by Crippen LogP contribution is -2.22.